The first-order valence-corrected chi connectivity index (χ1v) is 8.56. The van der Waals surface area contributed by atoms with Crippen LogP contribution in [0.3, 0.4) is 0 Å². The molecule has 140 valence electrons. The second kappa shape index (κ2) is 8.01. The van der Waals surface area contributed by atoms with Crippen LogP contribution in [0.2, 0.25) is 0 Å². The second-order valence-corrected chi connectivity index (χ2v) is 6.26. The molecular weight excluding hydrogens is 344 g/mol. The van der Waals surface area contributed by atoms with Gasteiger partial charge in [0.25, 0.3) is 5.91 Å². The Morgan fingerprint density at radius 1 is 1.22 bits per heavy atom. The fourth-order valence-electron chi connectivity index (χ4n) is 2.92. The highest BCUT2D eigenvalue weighted by molar-refractivity contribution is 5.94. The van der Waals surface area contributed by atoms with Crippen molar-refractivity contribution in [2.45, 2.75) is 19.6 Å². The van der Waals surface area contributed by atoms with Crippen molar-refractivity contribution in [3.8, 4) is 16.9 Å². The topological polar surface area (TPSA) is 89.3 Å². The molecule has 7 nitrogen and oxygen atoms in total. The van der Waals surface area contributed by atoms with E-state index in [1.165, 1.54) is 0 Å². The number of nitrogens with one attached hydrogen (secondary N) is 1. The number of carbonyl (C=O) groups is 1. The van der Waals surface area contributed by atoms with Crippen LogP contribution < -0.4 is 10.1 Å². The summed E-state index contributed by atoms with van der Waals surface area (Å²) in [5, 5.41) is 20.2. The van der Waals surface area contributed by atoms with Gasteiger partial charge in [0.15, 0.2) is 5.82 Å². The van der Waals surface area contributed by atoms with E-state index in [1.54, 1.807) is 30.1 Å². The van der Waals surface area contributed by atoms with Crippen LogP contribution in [0.4, 0.5) is 0 Å². The molecule has 2 N–H and O–H groups in total. The first-order valence-electron chi connectivity index (χ1n) is 8.56. The first-order chi connectivity index (χ1) is 13.0. The molecule has 0 fully saturated rings. The van der Waals surface area contributed by atoms with E-state index in [4.69, 9.17) is 4.74 Å². The van der Waals surface area contributed by atoms with E-state index in [9.17, 15) is 9.90 Å². The lowest BCUT2D eigenvalue weighted by Crippen LogP contribution is -2.28. The third-order valence-corrected chi connectivity index (χ3v) is 4.41. The van der Waals surface area contributed by atoms with Crippen LogP contribution in [0.15, 0.2) is 48.8 Å². The third-order valence-electron chi connectivity index (χ3n) is 4.41. The normalized spacial score (nSPS) is 11.9. The van der Waals surface area contributed by atoms with Crippen molar-refractivity contribution in [1.29, 1.82) is 0 Å². The molecule has 0 saturated carbocycles. The Morgan fingerprint density at radius 3 is 2.52 bits per heavy atom. The maximum Gasteiger partial charge on any atom is 0.251 e. The minimum atomic E-state index is -0.252. The summed E-state index contributed by atoms with van der Waals surface area (Å²) in [6.45, 7) is 1.77. The molecular formula is C20H22N4O3. The highest BCUT2D eigenvalue weighted by atomic mass is 16.5. The Morgan fingerprint density at radius 2 is 1.93 bits per heavy atom. The van der Waals surface area contributed by atoms with Gasteiger partial charge in [-0.3, -0.25) is 4.79 Å². The number of amides is 1. The SMILES string of the molecule is COc1ccc(-c2ccc(C(=O)N[C@@H](C)c3nncn3C)cc2)cc1CO. The highest BCUT2D eigenvalue weighted by Crippen LogP contribution is 2.27. The molecule has 3 aromatic rings. The molecule has 0 aliphatic carbocycles. The predicted molar refractivity (Wildman–Crippen MR) is 101 cm³/mol. The van der Waals surface area contributed by atoms with E-state index in [1.807, 2.05) is 44.3 Å². The second-order valence-electron chi connectivity index (χ2n) is 6.26. The molecule has 0 aliphatic rings. The molecule has 0 spiro atoms. The molecule has 27 heavy (non-hydrogen) atoms. The predicted octanol–water partition coefficient (Wildman–Crippen LogP) is 2.47. The zero-order valence-electron chi connectivity index (χ0n) is 15.5. The molecule has 0 unspecified atom stereocenters. The van der Waals surface area contributed by atoms with E-state index in [2.05, 4.69) is 15.5 Å². The summed E-state index contributed by atoms with van der Waals surface area (Å²) in [4.78, 5) is 12.5. The van der Waals surface area contributed by atoms with E-state index in [-0.39, 0.29) is 18.6 Å². The number of hydrogen-bond acceptors (Lipinski definition) is 5. The van der Waals surface area contributed by atoms with Crippen LogP contribution in [0.25, 0.3) is 11.1 Å². The smallest absolute Gasteiger partial charge is 0.251 e. The molecule has 1 atom stereocenters. The van der Waals surface area contributed by atoms with Gasteiger partial charge in [-0.05, 0) is 42.3 Å². The van der Waals surface area contributed by atoms with Crippen molar-refractivity contribution in [2.24, 2.45) is 7.05 Å². The molecule has 0 saturated heterocycles. The Balaban J connectivity index is 1.75. The van der Waals surface area contributed by atoms with Gasteiger partial charge in [0.05, 0.1) is 19.8 Å². The molecule has 0 radical (unpaired) electrons. The average molecular weight is 366 g/mol. The summed E-state index contributed by atoms with van der Waals surface area (Å²) in [6.07, 6.45) is 1.60. The van der Waals surface area contributed by atoms with E-state index in [0.29, 0.717) is 22.7 Å². The molecule has 3 rings (SSSR count). The number of aryl methyl sites for hydroxylation is 1. The van der Waals surface area contributed by atoms with Crippen LogP contribution in [0.1, 0.15) is 34.7 Å². The molecule has 1 aromatic heterocycles. The van der Waals surface area contributed by atoms with Gasteiger partial charge in [0.2, 0.25) is 0 Å². The monoisotopic (exact) mass is 366 g/mol. The van der Waals surface area contributed by atoms with Crippen LogP contribution >= 0.6 is 0 Å². The lowest BCUT2D eigenvalue weighted by atomic mass is 10.0. The standard InChI is InChI=1S/C20H22N4O3/c1-13(19-23-21-12-24(19)2)22-20(26)15-6-4-14(5-7-15)16-8-9-18(27-3)17(10-16)11-25/h4-10,12-13,25H,11H2,1-3H3,(H,22,26)/t13-/m0/s1. The summed E-state index contributed by atoms with van der Waals surface area (Å²) < 4.78 is 7.00. The number of aliphatic hydroxyl groups excluding tert-OH is 1. The maximum absolute atomic E-state index is 12.5. The van der Waals surface area contributed by atoms with Gasteiger partial charge in [-0.2, -0.15) is 0 Å². The molecule has 1 amide bonds. The van der Waals surface area contributed by atoms with Crippen LogP contribution in [-0.4, -0.2) is 32.9 Å². The first kappa shape index (κ1) is 18.6. The molecule has 7 heteroatoms. The van der Waals surface area contributed by atoms with Crippen LogP contribution in [0.5, 0.6) is 5.75 Å². The summed E-state index contributed by atoms with van der Waals surface area (Å²) in [6, 6.07) is 12.7. The van der Waals surface area contributed by atoms with Crippen molar-refractivity contribution in [3.05, 3.63) is 65.7 Å². The summed E-state index contributed by atoms with van der Waals surface area (Å²) in [5.74, 6) is 1.16. The maximum atomic E-state index is 12.5. The quantitative estimate of drug-likeness (QED) is 0.700. The van der Waals surface area contributed by atoms with Crippen LogP contribution in [-0.2, 0) is 13.7 Å². The van der Waals surface area contributed by atoms with Crippen molar-refractivity contribution >= 4 is 5.91 Å². The average Bonchev–Trinajstić information content (AvgIpc) is 3.13. The lowest BCUT2D eigenvalue weighted by Gasteiger charge is -2.13. The van der Waals surface area contributed by atoms with Crippen molar-refractivity contribution < 1.29 is 14.6 Å². The number of rotatable bonds is 6. The fraction of sp³-hybridized carbons (Fsp3) is 0.250. The summed E-state index contributed by atoms with van der Waals surface area (Å²) >= 11 is 0. The number of nitrogens with zero attached hydrogens (tertiary/aromatic N) is 3. The third kappa shape index (κ3) is 3.98. The van der Waals surface area contributed by atoms with E-state index in [0.717, 1.165) is 11.1 Å². The minimum Gasteiger partial charge on any atom is -0.496 e. The zero-order valence-corrected chi connectivity index (χ0v) is 15.5. The van der Waals surface area contributed by atoms with Crippen molar-refractivity contribution in [3.63, 3.8) is 0 Å². The van der Waals surface area contributed by atoms with Gasteiger partial charge in [-0.25, -0.2) is 0 Å². The summed E-state index contributed by atoms with van der Waals surface area (Å²) in [7, 11) is 3.41. The Labute approximate surface area is 157 Å². The zero-order chi connectivity index (χ0) is 19.4. The highest BCUT2D eigenvalue weighted by Gasteiger charge is 2.15. The largest absolute Gasteiger partial charge is 0.496 e. The number of aliphatic hydroxyl groups is 1. The van der Waals surface area contributed by atoms with E-state index >= 15 is 0 Å². The van der Waals surface area contributed by atoms with Gasteiger partial charge >= 0.3 is 0 Å². The van der Waals surface area contributed by atoms with Crippen molar-refractivity contribution in [2.75, 3.05) is 7.11 Å². The molecule has 1 heterocycles. The van der Waals surface area contributed by atoms with Crippen LogP contribution in [0, 0.1) is 0 Å². The van der Waals surface area contributed by atoms with Gasteiger partial charge in [0, 0.05) is 18.2 Å². The molecule has 2 aromatic carbocycles. The van der Waals surface area contributed by atoms with Gasteiger partial charge in [-0.1, -0.05) is 18.2 Å². The number of benzene rings is 2. The Hall–Kier alpha value is -3.19. The number of hydrogen-bond donors (Lipinski definition) is 2. The summed E-state index contributed by atoms with van der Waals surface area (Å²) in [5.41, 5.74) is 3.17. The number of carbonyl (C=O) groups excluding carboxylic acids is 1. The van der Waals surface area contributed by atoms with E-state index < -0.39 is 0 Å². The van der Waals surface area contributed by atoms with Gasteiger partial charge in [0.1, 0.15) is 12.1 Å². The fourth-order valence-corrected chi connectivity index (χ4v) is 2.92. The van der Waals surface area contributed by atoms with Gasteiger partial charge in [-0.15, -0.1) is 10.2 Å². The molecule has 0 aliphatic heterocycles. The van der Waals surface area contributed by atoms with Crippen molar-refractivity contribution in [1.82, 2.24) is 20.1 Å². The Bertz CT molecular complexity index is 935. The molecule has 0 bridgehead atoms. The number of methoxy groups -OCH3 is 1. The van der Waals surface area contributed by atoms with Gasteiger partial charge < -0.3 is 19.7 Å². The lowest BCUT2D eigenvalue weighted by molar-refractivity contribution is 0.0938. The Kier molecular flexibility index (Phi) is 5.52. The number of ether oxygens (including phenoxy) is 1. The minimum absolute atomic E-state index is 0.0998. The number of aromatic nitrogens is 3.